The first-order chi connectivity index (χ1) is 10.7. The summed E-state index contributed by atoms with van der Waals surface area (Å²) in [7, 11) is 0. The van der Waals surface area contributed by atoms with Crippen molar-refractivity contribution in [1.29, 1.82) is 0 Å². The number of thiazole rings is 1. The molecule has 1 aromatic heterocycles. The fourth-order valence-electron chi connectivity index (χ4n) is 2.32. The number of aromatic nitrogens is 1. The van der Waals surface area contributed by atoms with Crippen LogP contribution in [0.25, 0.3) is 0 Å². The molecule has 0 unspecified atom stereocenters. The summed E-state index contributed by atoms with van der Waals surface area (Å²) in [5.41, 5.74) is 4.45. The minimum absolute atomic E-state index is 0.224. The third kappa shape index (κ3) is 4.07. The Morgan fingerprint density at radius 1 is 1.23 bits per heavy atom. The number of benzene rings is 1. The smallest absolute Gasteiger partial charge is 0.311 e. The van der Waals surface area contributed by atoms with Gasteiger partial charge in [0.1, 0.15) is 0 Å². The fourth-order valence-corrected chi connectivity index (χ4v) is 3.03. The number of esters is 1. The van der Waals surface area contributed by atoms with Crippen LogP contribution in [0.2, 0.25) is 0 Å². The first kappa shape index (κ1) is 16.5. The molecule has 4 nitrogen and oxygen atoms in total. The molecule has 1 aromatic carbocycles. The molecule has 0 fully saturated rings. The van der Waals surface area contributed by atoms with Gasteiger partial charge in [-0.15, -0.1) is 11.3 Å². The molecule has 1 N–H and O–H groups in total. The summed E-state index contributed by atoms with van der Waals surface area (Å²) in [6, 6.07) is 6.36. The van der Waals surface area contributed by atoms with E-state index in [1.807, 2.05) is 5.38 Å². The predicted molar refractivity (Wildman–Crippen MR) is 90.9 cm³/mol. The van der Waals surface area contributed by atoms with Gasteiger partial charge in [0, 0.05) is 11.1 Å². The standard InChI is InChI=1S/C17H22N2O2S/c1-4-12-8-7-9-13(5-2)16(12)19-17-18-14(11-22-17)10-15(20)21-6-3/h7-9,11H,4-6,10H2,1-3H3,(H,18,19). The van der Waals surface area contributed by atoms with Crippen molar-refractivity contribution in [3.05, 3.63) is 40.4 Å². The van der Waals surface area contributed by atoms with E-state index in [0.717, 1.165) is 29.4 Å². The SMILES string of the molecule is CCOC(=O)Cc1csc(Nc2c(CC)cccc2CC)n1. The number of carbonyl (C=O) groups excluding carboxylic acids is 1. The number of hydrogen-bond donors (Lipinski definition) is 1. The molecule has 0 amide bonds. The molecule has 0 bridgehead atoms. The number of ether oxygens (including phenoxy) is 1. The molecular formula is C17H22N2O2S. The van der Waals surface area contributed by atoms with E-state index in [9.17, 15) is 4.79 Å². The fraction of sp³-hybridized carbons (Fsp3) is 0.412. The van der Waals surface area contributed by atoms with Crippen LogP contribution < -0.4 is 5.32 Å². The van der Waals surface area contributed by atoms with Gasteiger partial charge in [0.25, 0.3) is 0 Å². The second kappa shape index (κ2) is 7.94. The monoisotopic (exact) mass is 318 g/mol. The van der Waals surface area contributed by atoms with Crippen molar-refractivity contribution in [2.24, 2.45) is 0 Å². The highest BCUT2D eigenvalue weighted by molar-refractivity contribution is 7.13. The lowest BCUT2D eigenvalue weighted by molar-refractivity contribution is -0.142. The Hall–Kier alpha value is -1.88. The lowest BCUT2D eigenvalue weighted by Crippen LogP contribution is -2.07. The van der Waals surface area contributed by atoms with E-state index in [1.54, 1.807) is 6.92 Å². The second-order valence-electron chi connectivity index (χ2n) is 4.91. The van der Waals surface area contributed by atoms with E-state index in [1.165, 1.54) is 22.5 Å². The van der Waals surface area contributed by atoms with Crippen LogP contribution in [0.15, 0.2) is 23.6 Å². The summed E-state index contributed by atoms with van der Waals surface area (Å²) in [4.78, 5) is 16.0. The third-order valence-corrected chi connectivity index (χ3v) is 4.22. The maximum absolute atomic E-state index is 11.5. The lowest BCUT2D eigenvalue weighted by Gasteiger charge is -2.13. The molecule has 0 radical (unpaired) electrons. The molecule has 2 rings (SSSR count). The number of hydrogen-bond acceptors (Lipinski definition) is 5. The zero-order valence-corrected chi connectivity index (χ0v) is 14.1. The molecule has 0 aliphatic carbocycles. The van der Waals surface area contributed by atoms with Gasteiger partial charge in [0.2, 0.25) is 0 Å². The summed E-state index contributed by atoms with van der Waals surface area (Å²) in [5, 5.41) is 6.14. The Balaban J connectivity index is 2.15. The van der Waals surface area contributed by atoms with E-state index in [-0.39, 0.29) is 12.4 Å². The molecule has 22 heavy (non-hydrogen) atoms. The quantitative estimate of drug-likeness (QED) is 0.780. The highest BCUT2D eigenvalue weighted by Crippen LogP contribution is 2.28. The molecule has 1 heterocycles. The highest BCUT2D eigenvalue weighted by atomic mass is 32.1. The van der Waals surface area contributed by atoms with Crippen LogP contribution in [-0.4, -0.2) is 17.6 Å². The van der Waals surface area contributed by atoms with Gasteiger partial charge in [-0.1, -0.05) is 32.0 Å². The third-order valence-electron chi connectivity index (χ3n) is 3.41. The van der Waals surface area contributed by atoms with Crippen LogP contribution in [-0.2, 0) is 28.8 Å². The van der Waals surface area contributed by atoms with Crippen LogP contribution in [0.1, 0.15) is 37.6 Å². The normalized spacial score (nSPS) is 10.5. The van der Waals surface area contributed by atoms with E-state index in [2.05, 4.69) is 42.3 Å². The topological polar surface area (TPSA) is 51.2 Å². The number of carbonyl (C=O) groups is 1. The van der Waals surface area contributed by atoms with Crippen molar-refractivity contribution in [3.8, 4) is 0 Å². The number of para-hydroxylation sites is 1. The van der Waals surface area contributed by atoms with E-state index in [4.69, 9.17) is 4.74 Å². The second-order valence-corrected chi connectivity index (χ2v) is 5.77. The first-order valence-corrected chi connectivity index (χ1v) is 8.53. The Morgan fingerprint density at radius 3 is 2.50 bits per heavy atom. The van der Waals surface area contributed by atoms with Crippen LogP contribution in [0.5, 0.6) is 0 Å². The van der Waals surface area contributed by atoms with Crippen molar-refractivity contribution in [2.75, 3.05) is 11.9 Å². The van der Waals surface area contributed by atoms with Crippen LogP contribution in [0.3, 0.4) is 0 Å². The van der Waals surface area contributed by atoms with Crippen LogP contribution in [0, 0.1) is 0 Å². The average Bonchev–Trinajstić information content (AvgIpc) is 2.94. The maximum atomic E-state index is 11.5. The van der Waals surface area contributed by atoms with Gasteiger partial charge < -0.3 is 10.1 Å². The summed E-state index contributed by atoms with van der Waals surface area (Å²) in [5.74, 6) is -0.234. The van der Waals surface area contributed by atoms with E-state index in [0.29, 0.717) is 6.61 Å². The molecule has 2 aromatic rings. The minimum Gasteiger partial charge on any atom is -0.466 e. The number of anilines is 2. The van der Waals surface area contributed by atoms with Crippen molar-refractivity contribution in [1.82, 2.24) is 4.98 Å². The van der Waals surface area contributed by atoms with Crippen molar-refractivity contribution in [2.45, 2.75) is 40.0 Å². The molecule has 5 heteroatoms. The summed E-state index contributed by atoms with van der Waals surface area (Å²) >= 11 is 1.51. The van der Waals surface area contributed by atoms with Crippen molar-refractivity contribution in [3.63, 3.8) is 0 Å². The van der Waals surface area contributed by atoms with Gasteiger partial charge in [-0.3, -0.25) is 4.79 Å². The largest absolute Gasteiger partial charge is 0.466 e. The Morgan fingerprint density at radius 2 is 1.91 bits per heavy atom. The number of aryl methyl sites for hydroxylation is 2. The summed E-state index contributed by atoms with van der Waals surface area (Å²) in [6.07, 6.45) is 2.16. The molecule has 0 saturated heterocycles. The Kier molecular flexibility index (Phi) is 5.95. The van der Waals surface area contributed by atoms with E-state index >= 15 is 0 Å². The summed E-state index contributed by atoms with van der Waals surface area (Å²) < 4.78 is 4.95. The molecule has 0 aliphatic rings. The molecule has 0 aliphatic heterocycles. The Bertz CT molecular complexity index is 615. The average molecular weight is 318 g/mol. The van der Waals surface area contributed by atoms with Gasteiger partial charge in [0.15, 0.2) is 5.13 Å². The number of nitrogens with zero attached hydrogens (tertiary/aromatic N) is 1. The molecule has 0 atom stereocenters. The van der Waals surface area contributed by atoms with E-state index < -0.39 is 0 Å². The lowest BCUT2D eigenvalue weighted by atomic mass is 10.0. The molecule has 0 spiro atoms. The zero-order chi connectivity index (χ0) is 15.9. The van der Waals surface area contributed by atoms with Gasteiger partial charge in [0.05, 0.1) is 18.7 Å². The van der Waals surface area contributed by atoms with Gasteiger partial charge in [-0.05, 0) is 30.9 Å². The van der Waals surface area contributed by atoms with Crippen LogP contribution >= 0.6 is 11.3 Å². The number of nitrogens with one attached hydrogen (secondary N) is 1. The minimum atomic E-state index is -0.234. The van der Waals surface area contributed by atoms with Crippen molar-refractivity contribution < 1.29 is 9.53 Å². The van der Waals surface area contributed by atoms with Gasteiger partial charge >= 0.3 is 5.97 Å². The predicted octanol–water partition coefficient (Wildman–Crippen LogP) is 4.12. The number of rotatable bonds is 7. The molecule has 0 saturated carbocycles. The maximum Gasteiger partial charge on any atom is 0.311 e. The summed E-state index contributed by atoms with van der Waals surface area (Å²) in [6.45, 7) is 6.50. The highest BCUT2D eigenvalue weighted by Gasteiger charge is 2.11. The first-order valence-electron chi connectivity index (χ1n) is 7.65. The molecule has 118 valence electrons. The van der Waals surface area contributed by atoms with Crippen molar-refractivity contribution >= 4 is 28.1 Å². The van der Waals surface area contributed by atoms with Gasteiger partial charge in [-0.25, -0.2) is 4.98 Å². The molecular weight excluding hydrogens is 296 g/mol. The van der Waals surface area contributed by atoms with Gasteiger partial charge in [-0.2, -0.15) is 0 Å². The Labute approximate surface area is 135 Å². The van der Waals surface area contributed by atoms with Crippen LogP contribution in [0.4, 0.5) is 10.8 Å². The zero-order valence-electron chi connectivity index (χ0n) is 13.3.